The molecule has 0 bridgehead atoms. The van der Waals surface area contributed by atoms with Crippen LogP contribution in [0.3, 0.4) is 0 Å². The van der Waals surface area contributed by atoms with Gasteiger partial charge in [0.25, 0.3) is 0 Å². The van der Waals surface area contributed by atoms with Crippen molar-refractivity contribution in [3.63, 3.8) is 0 Å². The van der Waals surface area contributed by atoms with E-state index in [1.807, 2.05) is 18.9 Å². The van der Waals surface area contributed by atoms with Crippen LogP contribution in [0.5, 0.6) is 0 Å². The molecule has 0 aliphatic carbocycles. The average Bonchev–Trinajstić information content (AvgIpc) is 2.35. The predicted octanol–water partition coefficient (Wildman–Crippen LogP) is 1.77. The monoisotopic (exact) mass is 241 g/mol. The molecule has 0 aromatic heterocycles. The highest BCUT2D eigenvalue weighted by molar-refractivity contribution is 5.74. The molecule has 1 fully saturated rings. The Morgan fingerprint density at radius 3 is 2.65 bits per heavy atom. The van der Waals surface area contributed by atoms with Crippen molar-refractivity contribution in [1.29, 1.82) is 0 Å². The van der Waals surface area contributed by atoms with Gasteiger partial charge in [-0.2, -0.15) is 0 Å². The normalized spacial score (nSPS) is 20.4. The van der Waals surface area contributed by atoms with Crippen molar-refractivity contribution in [3.05, 3.63) is 0 Å². The number of carbonyl (C=O) groups excluding carboxylic acids is 1. The second-order valence-corrected chi connectivity index (χ2v) is 5.26. The van der Waals surface area contributed by atoms with Crippen molar-refractivity contribution in [2.24, 2.45) is 5.92 Å². The van der Waals surface area contributed by atoms with Crippen LogP contribution in [0.2, 0.25) is 0 Å². The van der Waals surface area contributed by atoms with Gasteiger partial charge >= 0.3 is 6.03 Å². The molecule has 2 amide bonds. The fraction of sp³-hybridized carbons (Fsp3) is 0.923. The molecule has 0 radical (unpaired) electrons. The van der Waals surface area contributed by atoms with Crippen molar-refractivity contribution in [2.75, 3.05) is 33.2 Å². The van der Waals surface area contributed by atoms with Crippen molar-refractivity contribution in [3.8, 4) is 0 Å². The van der Waals surface area contributed by atoms with E-state index in [1.54, 1.807) is 4.90 Å². The molecule has 0 aromatic carbocycles. The summed E-state index contributed by atoms with van der Waals surface area (Å²) in [6.45, 7) is 10.0. The first-order chi connectivity index (χ1) is 8.06. The van der Waals surface area contributed by atoms with Gasteiger partial charge in [-0.05, 0) is 52.6 Å². The first-order valence-electron chi connectivity index (χ1n) is 6.78. The number of amides is 2. The van der Waals surface area contributed by atoms with Crippen LogP contribution in [0.25, 0.3) is 0 Å². The third-order valence-electron chi connectivity index (χ3n) is 3.52. The molecule has 0 aromatic rings. The van der Waals surface area contributed by atoms with Crippen molar-refractivity contribution in [2.45, 2.75) is 39.7 Å². The molecule has 0 saturated carbocycles. The highest BCUT2D eigenvalue weighted by Crippen LogP contribution is 2.14. The number of nitrogens with zero attached hydrogens (tertiary/aromatic N) is 2. The third kappa shape index (κ3) is 4.19. The quantitative estimate of drug-likeness (QED) is 0.814. The first kappa shape index (κ1) is 14.3. The lowest BCUT2D eigenvalue weighted by molar-refractivity contribution is 0.136. The first-order valence-corrected chi connectivity index (χ1v) is 6.78. The van der Waals surface area contributed by atoms with Gasteiger partial charge in [0.15, 0.2) is 0 Å². The van der Waals surface area contributed by atoms with Gasteiger partial charge in [-0.15, -0.1) is 0 Å². The van der Waals surface area contributed by atoms with E-state index in [0.717, 1.165) is 26.2 Å². The maximum absolute atomic E-state index is 12.2. The number of carbonyl (C=O) groups is 1. The number of hydrogen-bond donors (Lipinski definition) is 1. The fourth-order valence-electron chi connectivity index (χ4n) is 2.22. The van der Waals surface area contributed by atoms with E-state index >= 15 is 0 Å². The number of hydrogen-bond acceptors (Lipinski definition) is 2. The average molecular weight is 241 g/mol. The minimum absolute atomic E-state index is 0.160. The molecule has 1 N–H and O–H groups in total. The zero-order valence-corrected chi connectivity index (χ0v) is 11.7. The molecule has 1 aliphatic heterocycles. The molecule has 1 heterocycles. The molecule has 17 heavy (non-hydrogen) atoms. The van der Waals surface area contributed by atoms with Crippen LogP contribution in [0.4, 0.5) is 4.79 Å². The van der Waals surface area contributed by atoms with Crippen LogP contribution < -0.4 is 5.32 Å². The summed E-state index contributed by atoms with van der Waals surface area (Å²) in [4.78, 5) is 16.0. The summed E-state index contributed by atoms with van der Waals surface area (Å²) in [6.07, 6.45) is 2.47. The summed E-state index contributed by atoms with van der Waals surface area (Å²) in [5.41, 5.74) is 0. The molecular weight excluding hydrogens is 214 g/mol. The van der Waals surface area contributed by atoms with Gasteiger partial charge in [0.1, 0.15) is 0 Å². The van der Waals surface area contributed by atoms with E-state index < -0.39 is 0 Å². The molecule has 1 unspecified atom stereocenters. The van der Waals surface area contributed by atoms with Crippen LogP contribution in [0, 0.1) is 5.92 Å². The second kappa shape index (κ2) is 6.84. The van der Waals surface area contributed by atoms with Gasteiger partial charge in [-0.25, -0.2) is 4.79 Å². The Balaban J connectivity index is 2.55. The third-order valence-corrected chi connectivity index (χ3v) is 3.52. The SMILES string of the molecule is CCN(C)C(=O)N(CC1CCCNC1)C(C)C. The van der Waals surface area contributed by atoms with Crippen molar-refractivity contribution >= 4 is 6.03 Å². The van der Waals surface area contributed by atoms with E-state index in [1.165, 1.54) is 12.8 Å². The Hall–Kier alpha value is -0.770. The van der Waals surface area contributed by atoms with E-state index in [-0.39, 0.29) is 12.1 Å². The molecule has 1 rings (SSSR count). The summed E-state index contributed by atoms with van der Waals surface area (Å²) in [5.74, 6) is 0.611. The summed E-state index contributed by atoms with van der Waals surface area (Å²) >= 11 is 0. The van der Waals surface area contributed by atoms with Gasteiger partial charge in [0, 0.05) is 26.2 Å². The van der Waals surface area contributed by atoms with Crippen molar-refractivity contribution in [1.82, 2.24) is 15.1 Å². The Morgan fingerprint density at radius 2 is 2.18 bits per heavy atom. The minimum atomic E-state index is 0.160. The van der Waals surface area contributed by atoms with Crippen LogP contribution >= 0.6 is 0 Å². The van der Waals surface area contributed by atoms with Gasteiger partial charge in [-0.1, -0.05) is 0 Å². The van der Waals surface area contributed by atoms with Crippen LogP contribution in [-0.2, 0) is 0 Å². The Morgan fingerprint density at radius 1 is 1.47 bits per heavy atom. The topological polar surface area (TPSA) is 35.6 Å². The van der Waals surface area contributed by atoms with Crippen LogP contribution in [0.1, 0.15) is 33.6 Å². The van der Waals surface area contributed by atoms with E-state index in [0.29, 0.717) is 5.92 Å². The number of urea groups is 1. The van der Waals surface area contributed by atoms with Gasteiger partial charge in [-0.3, -0.25) is 0 Å². The highest BCUT2D eigenvalue weighted by Gasteiger charge is 2.24. The number of piperidine rings is 1. The standard InChI is InChI=1S/C13H27N3O/c1-5-15(4)13(17)16(11(2)3)10-12-7-6-8-14-9-12/h11-12,14H,5-10H2,1-4H3. The predicted molar refractivity (Wildman–Crippen MR) is 71.1 cm³/mol. The summed E-state index contributed by atoms with van der Waals surface area (Å²) < 4.78 is 0. The zero-order chi connectivity index (χ0) is 12.8. The lowest BCUT2D eigenvalue weighted by atomic mass is 9.98. The Kier molecular flexibility index (Phi) is 5.75. The lowest BCUT2D eigenvalue weighted by Crippen LogP contribution is -2.48. The van der Waals surface area contributed by atoms with Crippen LogP contribution in [0.15, 0.2) is 0 Å². The Bertz CT molecular complexity index is 237. The molecular formula is C13H27N3O. The van der Waals surface area contributed by atoms with Crippen molar-refractivity contribution < 1.29 is 4.79 Å². The summed E-state index contributed by atoms with van der Waals surface area (Å²) in [7, 11) is 1.87. The molecule has 4 nitrogen and oxygen atoms in total. The van der Waals surface area contributed by atoms with E-state index in [9.17, 15) is 4.79 Å². The molecule has 0 spiro atoms. The van der Waals surface area contributed by atoms with Gasteiger partial charge < -0.3 is 15.1 Å². The fourth-order valence-corrected chi connectivity index (χ4v) is 2.22. The lowest BCUT2D eigenvalue weighted by Gasteiger charge is -2.35. The zero-order valence-electron chi connectivity index (χ0n) is 11.7. The number of nitrogens with one attached hydrogen (secondary N) is 1. The second-order valence-electron chi connectivity index (χ2n) is 5.26. The highest BCUT2D eigenvalue weighted by atomic mass is 16.2. The van der Waals surface area contributed by atoms with Gasteiger partial charge in [0.2, 0.25) is 0 Å². The molecule has 4 heteroatoms. The largest absolute Gasteiger partial charge is 0.328 e. The molecule has 1 saturated heterocycles. The van der Waals surface area contributed by atoms with Gasteiger partial charge in [0.05, 0.1) is 0 Å². The van der Waals surface area contributed by atoms with E-state index in [2.05, 4.69) is 19.2 Å². The smallest absolute Gasteiger partial charge is 0.319 e. The minimum Gasteiger partial charge on any atom is -0.328 e. The summed E-state index contributed by atoms with van der Waals surface area (Å²) in [5, 5.41) is 3.41. The molecule has 100 valence electrons. The van der Waals surface area contributed by atoms with Crippen LogP contribution in [-0.4, -0.2) is 55.1 Å². The van der Waals surface area contributed by atoms with E-state index in [4.69, 9.17) is 0 Å². The summed E-state index contributed by atoms with van der Waals surface area (Å²) in [6, 6.07) is 0.437. The maximum Gasteiger partial charge on any atom is 0.319 e. The maximum atomic E-state index is 12.2. The molecule has 1 atom stereocenters. The number of rotatable bonds is 4. The molecule has 1 aliphatic rings. The Labute approximate surface area is 105 Å².